The first kappa shape index (κ1) is 9.70. The van der Waals surface area contributed by atoms with Crippen LogP contribution in [0.1, 0.15) is 25.7 Å². The Morgan fingerprint density at radius 2 is 1.78 bits per heavy atom. The average Bonchev–Trinajstić information content (AvgIpc) is 1.89. The molecule has 0 spiro atoms. The SMILES string of the molecule is CSCCCCCCS. The first-order valence-electron chi connectivity index (χ1n) is 3.51. The van der Waals surface area contributed by atoms with Crippen molar-refractivity contribution in [2.75, 3.05) is 17.8 Å². The number of unbranched alkanes of at least 4 members (excludes halogenated alkanes) is 3. The van der Waals surface area contributed by atoms with E-state index in [1.165, 1.54) is 31.4 Å². The summed E-state index contributed by atoms with van der Waals surface area (Å²) in [6, 6.07) is 0. The third-order valence-corrected chi connectivity index (χ3v) is 2.27. The van der Waals surface area contributed by atoms with E-state index in [-0.39, 0.29) is 0 Å². The lowest BCUT2D eigenvalue weighted by molar-refractivity contribution is 0.712. The molecule has 0 radical (unpaired) electrons. The Labute approximate surface area is 68.2 Å². The quantitative estimate of drug-likeness (QED) is 0.465. The highest BCUT2D eigenvalue weighted by atomic mass is 32.2. The van der Waals surface area contributed by atoms with Crippen molar-refractivity contribution in [3.05, 3.63) is 0 Å². The summed E-state index contributed by atoms with van der Waals surface area (Å²) < 4.78 is 0. The van der Waals surface area contributed by atoms with Gasteiger partial charge in [-0.15, -0.1) is 0 Å². The minimum absolute atomic E-state index is 1.05. The van der Waals surface area contributed by atoms with Gasteiger partial charge in [-0.3, -0.25) is 0 Å². The molecule has 0 saturated carbocycles. The van der Waals surface area contributed by atoms with Crippen LogP contribution in [-0.2, 0) is 0 Å². The Morgan fingerprint density at radius 1 is 1.11 bits per heavy atom. The summed E-state index contributed by atoms with van der Waals surface area (Å²) in [5.74, 6) is 2.38. The zero-order valence-corrected chi connectivity index (χ0v) is 7.81. The molecule has 0 heterocycles. The molecule has 0 N–H and O–H groups in total. The summed E-state index contributed by atoms with van der Waals surface area (Å²) in [5, 5.41) is 0. The fourth-order valence-corrected chi connectivity index (χ4v) is 1.43. The van der Waals surface area contributed by atoms with Gasteiger partial charge in [0.1, 0.15) is 0 Å². The number of thioether (sulfide) groups is 1. The zero-order chi connectivity index (χ0) is 6.95. The molecule has 0 atom stereocenters. The lowest BCUT2D eigenvalue weighted by Gasteiger charge is -1.95. The molecule has 0 aliphatic carbocycles. The molecule has 0 nitrogen and oxygen atoms in total. The molecule has 9 heavy (non-hydrogen) atoms. The summed E-state index contributed by atoms with van der Waals surface area (Å²) in [6.45, 7) is 0. The van der Waals surface area contributed by atoms with E-state index >= 15 is 0 Å². The summed E-state index contributed by atoms with van der Waals surface area (Å²) >= 11 is 6.08. The predicted octanol–water partition coefficient (Wildman–Crippen LogP) is 2.84. The van der Waals surface area contributed by atoms with Gasteiger partial charge in [0, 0.05) is 0 Å². The maximum absolute atomic E-state index is 4.14. The Balaban J connectivity index is 2.60. The van der Waals surface area contributed by atoms with Crippen molar-refractivity contribution >= 4 is 24.4 Å². The topological polar surface area (TPSA) is 0 Å². The molecule has 0 amide bonds. The van der Waals surface area contributed by atoms with Gasteiger partial charge in [-0.1, -0.05) is 12.8 Å². The first-order valence-corrected chi connectivity index (χ1v) is 5.54. The Bertz CT molecular complexity index is 40.2. The van der Waals surface area contributed by atoms with Crippen LogP contribution >= 0.6 is 24.4 Å². The molecule has 0 aromatic heterocycles. The van der Waals surface area contributed by atoms with Crippen LogP contribution in [-0.4, -0.2) is 17.8 Å². The van der Waals surface area contributed by atoms with Crippen LogP contribution in [0.3, 0.4) is 0 Å². The first-order chi connectivity index (χ1) is 4.41. The van der Waals surface area contributed by atoms with Gasteiger partial charge < -0.3 is 0 Å². The van der Waals surface area contributed by atoms with Crippen molar-refractivity contribution < 1.29 is 0 Å². The van der Waals surface area contributed by atoms with Crippen LogP contribution < -0.4 is 0 Å². The molecule has 0 unspecified atom stereocenters. The standard InChI is InChI=1S/C7H16S2/c1-9-7-5-3-2-4-6-8/h8H,2-7H2,1H3. The number of rotatable bonds is 6. The maximum atomic E-state index is 4.14. The molecule has 0 saturated heterocycles. The summed E-state index contributed by atoms with van der Waals surface area (Å²) in [7, 11) is 0. The zero-order valence-electron chi connectivity index (χ0n) is 6.10. The van der Waals surface area contributed by atoms with Crippen molar-refractivity contribution in [1.82, 2.24) is 0 Å². The van der Waals surface area contributed by atoms with Gasteiger partial charge >= 0.3 is 0 Å². The van der Waals surface area contributed by atoms with E-state index in [2.05, 4.69) is 18.9 Å². The van der Waals surface area contributed by atoms with Gasteiger partial charge in [-0.2, -0.15) is 24.4 Å². The minimum atomic E-state index is 1.05. The van der Waals surface area contributed by atoms with Crippen LogP contribution in [0.15, 0.2) is 0 Å². The Kier molecular flexibility index (Phi) is 9.38. The molecule has 0 aliphatic rings. The molecule has 56 valence electrons. The van der Waals surface area contributed by atoms with Crippen molar-refractivity contribution in [2.24, 2.45) is 0 Å². The smallest absolute Gasteiger partial charge is 0.00703 e. The largest absolute Gasteiger partial charge is 0.179 e. The monoisotopic (exact) mass is 164 g/mol. The molecule has 0 fully saturated rings. The minimum Gasteiger partial charge on any atom is -0.179 e. The van der Waals surface area contributed by atoms with Gasteiger partial charge in [0.05, 0.1) is 0 Å². The van der Waals surface area contributed by atoms with Gasteiger partial charge in [0.2, 0.25) is 0 Å². The second kappa shape index (κ2) is 8.70. The van der Waals surface area contributed by atoms with Crippen LogP contribution in [0.4, 0.5) is 0 Å². The molecule has 0 aromatic carbocycles. The Hall–Kier alpha value is 0.700. The predicted molar refractivity (Wildman–Crippen MR) is 50.7 cm³/mol. The van der Waals surface area contributed by atoms with Crippen LogP contribution in [0.5, 0.6) is 0 Å². The highest BCUT2D eigenvalue weighted by Crippen LogP contribution is 2.04. The van der Waals surface area contributed by atoms with Crippen LogP contribution in [0, 0.1) is 0 Å². The molecule has 2 heteroatoms. The van der Waals surface area contributed by atoms with Gasteiger partial charge in [-0.05, 0) is 30.6 Å². The number of hydrogen-bond acceptors (Lipinski definition) is 2. The third-order valence-electron chi connectivity index (χ3n) is 1.26. The van der Waals surface area contributed by atoms with E-state index in [1.807, 2.05) is 11.8 Å². The van der Waals surface area contributed by atoms with Crippen LogP contribution in [0.25, 0.3) is 0 Å². The van der Waals surface area contributed by atoms with E-state index in [0.717, 1.165) is 5.75 Å². The van der Waals surface area contributed by atoms with Crippen molar-refractivity contribution in [1.29, 1.82) is 0 Å². The Morgan fingerprint density at radius 3 is 2.33 bits per heavy atom. The molecule has 0 bridgehead atoms. The highest BCUT2D eigenvalue weighted by Gasteiger charge is 1.86. The van der Waals surface area contributed by atoms with Gasteiger partial charge in [0.15, 0.2) is 0 Å². The van der Waals surface area contributed by atoms with Crippen LogP contribution in [0.2, 0.25) is 0 Å². The maximum Gasteiger partial charge on any atom is -0.00703 e. The molecule has 0 aromatic rings. The molecule has 0 rings (SSSR count). The highest BCUT2D eigenvalue weighted by molar-refractivity contribution is 7.98. The van der Waals surface area contributed by atoms with E-state index < -0.39 is 0 Å². The lowest BCUT2D eigenvalue weighted by Crippen LogP contribution is -1.80. The number of hydrogen-bond donors (Lipinski definition) is 1. The van der Waals surface area contributed by atoms with E-state index in [4.69, 9.17) is 0 Å². The third kappa shape index (κ3) is 8.70. The fraction of sp³-hybridized carbons (Fsp3) is 1.00. The van der Waals surface area contributed by atoms with Crippen molar-refractivity contribution in [2.45, 2.75) is 25.7 Å². The van der Waals surface area contributed by atoms with Gasteiger partial charge in [0.25, 0.3) is 0 Å². The molecular weight excluding hydrogens is 148 g/mol. The molecule has 0 aliphatic heterocycles. The van der Waals surface area contributed by atoms with E-state index in [1.54, 1.807) is 0 Å². The number of thiol groups is 1. The molecular formula is C7H16S2. The second-order valence-electron chi connectivity index (χ2n) is 2.13. The fourth-order valence-electron chi connectivity index (χ4n) is 0.712. The van der Waals surface area contributed by atoms with E-state index in [0.29, 0.717) is 0 Å². The summed E-state index contributed by atoms with van der Waals surface area (Å²) in [4.78, 5) is 0. The lowest BCUT2D eigenvalue weighted by atomic mass is 10.2. The summed E-state index contributed by atoms with van der Waals surface area (Å²) in [6.07, 6.45) is 7.59. The van der Waals surface area contributed by atoms with Crippen molar-refractivity contribution in [3.8, 4) is 0 Å². The average molecular weight is 164 g/mol. The summed E-state index contributed by atoms with van der Waals surface area (Å²) in [5.41, 5.74) is 0. The second-order valence-corrected chi connectivity index (χ2v) is 3.56. The van der Waals surface area contributed by atoms with Gasteiger partial charge in [-0.25, -0.2) is 0 Å². The normalized spacial score (nSPS) is 10.0. The van der Waals surface area contributed by atoms with Crippen molar-refractivity contribution in [3.63, 3.8) is 0 Å². The van der Waals surface area contributed by atoms with E-state index in [9.17, 15) is 0 Å².